The number of aromatic nitrogens is 2. The van der Waals surface area contributed by atoms with Crippen LogP contribution in [0.5, 0.6) is 0 Å². The van der Waals surface area contributed by atoms with Crippen LogP contribution in [-0.4, -0.2) is 16.1 Å². The Bertz CT molecular complexity index is 921. The molecule has 6 heteroatoms. The van der Waals surface area contributed by atoms with Gasteiger partial charge in [0.25, 0.3) is 5.56 Å². The molecule has 0 atom stereocenters. The summed E-state index contributed by atoms with van der Waals surface area (Å²) in [6.45, 7) is 0.186. The van der Waals surface area contributed by atoms with E-state index in [1.54, 1.807) is 30.3 Å². The molecule has 3 aromatic rings. The Morgan fingerprint density at radius 1 is 1.13 bits per heavy atom. The van der Waals surface area contributed by atoms with E-state index in [1.807, 2.05) is 6.07 Å². The fraction of sp³-hybridized carbons (Fsp3) is 0.118. The van der Waals surface area contributed by atoms with E-state index in [9.17, 15) is 14.0 Å². The number of rotatable bonds is 4. The summed E-state index contributed by atoms with van der Waals surface area (Å²) in [7, 11) is 0. The number of nitrogens with zero attached hydrogens (tertiary/aromatic N) is 1. The molecule has 2 N–H and O–H groups in total. The Hall–Kier alpha value is -3.02. The van der Waals surface area contributed by atoms with Crippen molar-refractivity contribution in [1.82, 2.24) is 15.5 Å². The van der Waals surface area contributed by atoms with Gasteiger partial charge in [-0.3, -0.25) is 9.59 Å². The summed E-state index contributed by atoms with van der Waals surface area (Å²) in [5, 5.41) is 10.4. The zero-order valence-electron chi connectivity index (χ0n) is 12.2. The van der Waals surface area contributed by atoms with Gasteiger partial charge >= 0.3 is 0 Å². The van der Waals surface area contributed by atoms with Crippen molar-refractivity contribution < 1.29 is 9.18 Å². The van der Waals surface area contributed by atoms with Crippen molar-refractivity contribution in [3.05, 3.63) is 76.0 Å². The van der Waals surface area contributed by atoms with Crippen LogP contribution in [0.15, 0.2) is 53.3 Å². The fourth-order valence-corrected chi connectivity index (χ4v) is 2.38. The van der Waals surface area contributed by atoms with Gasteiger partial charge in [0.1, 0.15) is 5.82 Å². The Balaban J connectivity index is 1.72. The van der Waals surface area contributed by atoms with Crippen LogP contribution in [0.3, 0.4) is 0 Å². The molecule has 0 aliphatic carbocycles. The topological polar surface area (TPSA) is 74.8 Å². The lowest BCUT2D eigenvalue weighted by atomic mass is 10.1. The minimum absolute atomic E-state index is 0.0824. The lowest BCUT2D eigenvalue weighted by Gasteiger charge is -2.07. The normalized spacial score (nSPS) is 10.7. The Kier molecular flexibility index (Phi) is 4.14. The molecular weight excluding hydrogens is 297 g/mol. The van der Waals surface area contributed by atoms with E-state index in [4.69, 9.17) is 0 Å². The molecular formula is C17H14FN3O2. The third-order valence-corrected chi connectivity index (χ3v) is 3.48. The molecule has 0 bridgehead atoms. The molecule has 5 nitrogen and oxygen atoms in total. The SMILES string of the molecule is O=C(Cc1cccc(F)c1)NCc1n[nH]c(=O)c2ccccc12. The van der Waals surface area contributed by atoms with Crippen molar-refractivity contribution in [3.8, 4) is 0 Å². The molecule has 116 valence electrons. The predicted molar refractivity (Wildman–Crippen MR) is 84.3 cm³/mol. The van der Waals surface area contributed by atoms with Crippen LogP contribution in [-0.2, 0) is 17.8 Å². The van der Waals surface area contributed by atoms with Gasteiger partial charge in [-0.05, 0) is 23.8 Å². The van der Waals surface area contributed by atoms with Crippen LogP contribution in [0, 0.1) is 5.82 Å². The number of hydrogen-bond acceptors (Lipinski definition) is 3. The zero-order valence-corrected chi connectivity index (χ0v) is 12.2. The number of hydrogen-bond donors (Lipinski definition) is 2. The maximum absolute atomic E-state index is 13.1. The van der Waals surface area contributed by atoms with Crippen LogP contribution >= 0.6 is 0 Å². The average Bonchev–Trinajstić information content (AvgIpc) is 2.54. The Morgan fingerprint density at radius 3 is 2.70 bits per heavy atom. The van der Waals surface area contributed by atoms with Crippen molar-refractivity contribution >= 4 is 16.7 Å². The number of halogens is 1. The van der Waals surface area contributed by atoms with Gasteiger partial charge in [-0.15, -0.1) is 0 Å². The first-order valence-corrected chi connectivity index (χ1v) is 7.11. The quantitative estimate of drug-likeness (QED) is 0.773. The second kappa shape index (κ2) is 6.39. The van der Waals surface area contributed by atoms with Crippen LogP contribution < -0.4 is 10.9 Å². The zero-order chi connectivity index (χ0) is 16.2. The Morgan fingerprint density at radius 2 is 1.91 bits per heavy atom. The van der Waals surface area contributed by atoms with Crippen molar-refractivity contribution in [2.75, 3.05) is 0 Å². The van der Waals surface area contributed by atoms with Crippen LogP contribution in [0.4, 0.5) is 4.39 Å². The molecule has 0 aliphatic rings. The van der Waals surface area contributed by atoms with Crippen molar-refractivity contribution in [2.45, 2.75) is 13.0 Å². The van der Waals surface area contributed by atoms with Crippen LogP contribution in [0.1, 0.15) is 11.3 Å². The number of nitrogens with one attached hydrogen (secondary N) is 2. The number of benzene rings is 2. The second-order valence-electron chi connectivity index (χ2n) is 5.13. The number of H-pyrrole nitrogens is 1. The predicted octanol–water partition coefficient (Wildman–Crippen LogP) is 1.92. The molecule has 23 heavy (non-hydrogen) atoms. The van der Waals surface area contributed by atoms with Crippen molar-refractivity contribution in [1.29, 1.82) is 0 Å². The molecule has 2 aromatic carbocycles. The summed E-state index contributed by atoms with van der Waals surface area (Å²) in [4.78, 5) is 23.7. The summed E-state index contributed by atoms with van der Waals surface area (Å²) in [6, 6.07) is 13.0. The van der Waals surface area contributed by atoms with Gasteiger partial charge in [0.15, 0.2) is 0 Å². The number of carbonyl (C=O) groups excluding carboxylic acids is 1. The van der Waals surface area contributed by atoms with Gasteiger partial charge in [0.05, 0.1) is 24.0 Å². The maximum atomic E-state index is 13.1. The molecule has 0 spiro atoms. The number of fused-ring (bicyclic) bond motifs is 1. The first-order valence-electron chi connectivity index (χ1n) is 7.11. The molecule has 0 unspecified atom stereocenters. The van der Waals surface area contributed by atoms with Crippen LogP contribution in [0.25, 0.3) is 10.8 Å². The summed E-state index contributed by atoms with van der Waals surface area (Å²) >= 11 is 0. The number of amides is 1. The second-order valence-corrected chi connectivity index (χ2v) is 5.13. The highest BCUT2D eigenvalue weighted by molar-refractivity contribution is 5.84. The van der Waals surface area contributed by atoms with E-state index >= 15 is 0 Å². The molecule has 0 saturated carbocycles. The molecule has 0 aliphatic heterocycles. The molecule has 1 amide bonds. The van der Waals surface area contributed by atoms with Gasteiger partial charge in [-0.2, -0.15) is 5.10 Å². The van der Waals surface area contributed by atoms with E-state index < -0.39 is 0 Å². The Labute approximate surface area is 131 Å². The summed E-state index contributed by atoms with van der Waals surface area (Å²) in [5.41, 5.74) is 0.907. The first-order chi connectivity index (χ1) is 11.1. The number of carbonyl (C=O) groups is 1. The third kappa shape index (κ3) is 3.42. The van der Waals surface area contributed by atoms with Gasteiger partial charge in [-0.1, -0.05) is 30.3 Å². The highest BCUT2D eigenvalue weighted by atomic mass is 19.1. The molecule has 1 heterocycles. The van der Waals surface area contributed by atoms with Crippen LogP contribution in [0.2, 0.25) is 0 Å². The lowest BCUT2D eigenvalue weighted by molar-refractivity contribution is -0.120. The summed E-state index contributed by atoms with van der Waals surface area (Å²) in [6.07, 6.45) is 0.0824. The molecule has 0 radical (unpaired) electrons. The van der Waals surface area contributed by atoms with Crippen molar-refractivity contribution in [2.24, 2.45) is 0 Å². The largest absolute Gasteiger partial charge is 0.350 e. The van der Waals surface area contributed by atoms with Crippen molar-refractivity contribution in [3.63, 3.8) is 0 Å². The van der Waals surface area contributed by atoms with Gasteiger partial charge in [0.2, 0.25) is 5.91 Å². The fourth-order valence-electron chi connectivity index (χ4n) is 2.38. The third-order valence-electron chi connectivity index (χ3n) is 3.48. The standard InChI is InChI=1S/C17H14FN3O2/c18-12-5-3-4-11(8-12)9-16(22)19-10-15-13-6-1-2-7-14(13)17(23)21-20-15/h1-8H,9-10H2,(H,19,22)(H,21,23). The van der Waals surface area contributed by atoms with E-state index in [0.29, 0.717) is 22.0 Å². The highest BCUT2D eigenvalue weighted by Crippen LogP contribution is 2.12. The minimum atomic E-state index is -0.372. The molecule has 1 aromatic heterocycles. The van der Waals surface area contributed by atoms with E-state index in [2.05, 4.69) is 15.5 Å². The van der Waals surface area contributed by atoms with E-state index in [1.165, 1.54) is 12.1 Å². The summed E-state index contributed by atoms with van der Waals surface area (Å²) in [5.74, 6) is -0.615. The van der Waals surface area contributed by atoms with Gasteiger partial charge in [-0.25, -0.2) is 9.49 Å². The molecule has 3 rings (SSSR count). The number of aromatic amines is 1. The highest BCUT2D eigenvalue weighted by Gasteiger charge is 2.08. The smallest absolute Gasteiger partial charge is 0.272 e. The van der Waals surface area contributed by atoms with Gasteiger partial charge in [0, 0.05) is 5.39 Å². The van der Waals surface area contributed by atoms with E-state index in [0.717, 1.165) is 0 Å². The van der Waals surface area contributed by atoms with Gasteiger partial charge < -0.3 is 5.32 Å². The maximum Gasteiger partial charge on any atom is 0.272 e. The summed E-state index contributed by atoms with van der Waals surface area (Å²) < 4.78 is 13.1. The minimum Gasteiger partial charge on any atom is -0.350 e. The average molecular weight is 311 g/mol. The monoisotopic (exact) mass is 311 g/mol. The lowest BCUT2D eigenvalue weighted by Crippen LogP contribution is -2.26. The van der Waals surface area contributed by atoms with E-state index in [-0.39, 0.29) is 30.2 Å². The first kappa shape index (κ1) is 14.9. The molecule has 0 fully saturated rings. The molecule has 0 saturated heterocycles.